The largest absolute Gasteiger partial charge is 0.416 e. The molecule has 2 rings (SSSR count). The summed E-state index contributed by atoms with van der Waals surface area (Å²) in [4.78, 5) is 12.0. The van der Waals surface area contributed by atoms with E-state index in [9.17, 15) is 26.4 Å². The van der Waals surface area contributed by atoms with Gasteiger partial charge in [-0.25, -0.2) is 13.8 Å². The van der Waals surface area contributed by atoms with Crippen molar-refractivity contribution in [3.8, 4) is 0 Å². The van der Waals surface area contributed by atoms with E-state index in [2.05, 4.69) is 10.5 Å². The first-order chi connectivity index (χ1) is 13.4. The quantitative estimate of drug-likeness (QED) is 0.535. The molecule has 2 aromatic carbocycles. The summed E-state index contributed by atoms with van der Waals surface area (Å²) in [7, 11) is -4.40. The molecule has 0 aliphatic heterocycles. The van der Waals surface area contributed by atoms with Crippen LogP contribution in [-0.2, 0) is 21.0 Å². The Labute approximate surface area is 171 Å². The Hall–Kier alpha value is -2.59. The van der Waals surface area contributed by atoms with Crippen molar-refractivity contribution in [2.45, 2.75) is 24.9 Å². The van der Waals surface area contributed by atoms with Crippen molar-refractivity contribution in [1.29, 1.82) is 0 Å². The summed E-state index contributed by atoms with van der Waals surface area (Å²) < 4.78 is 66.1. The lowest BCUT2D eigenvalue weighted by atomic mass is 10.2. The number of hydrogen-bond acceptors (Lipinski definition) is 4. The second-order valence-electron chi connectivity index (χ2n) is 6.08. The van der Waals surface area contributed by atoms with Crippen molar-refractivity contribution in [1.82, 2.24) is 5.43 Å². The van der Waals surface area contributed by atoms with E-state index < -0.39 is 39.9 Å². The van der Waals surface area contributed by atoms with Gasteiger partial charge in [-0.1, -0.05) is 29.8 Å². The highest BCUT2D eigenvalue weighted by Crippen LogP contribution is 2.37. The fourth-order valence-electron chi connectivity index (χ4n) is 2.24. The second-order valence-corrected chi connectivity index (χ2v) is 8.35. The van der Waals surface area contributed by atoms with Crippen molar-refractivity contribution >= 4 is 38.9 Å². The molecular weight excluding hydrogens is 431 g/mol. The predicted octanol–water partition coefficient (Wildman–Crippen LogP) is 4.07. The number of rotatable bonds is 6. The summed E-state index contributed by atoms with van der Waals surface area (Å²) in [6.45, 7) is 2.37. The molecule has 0 aromatic heterocycles. The second kappa shape index (κ2) is 8.83. The average Bonchev–Trinajstić information content (AvgIpc) is 2.64. The van der Waals surface area contributed by atoms with Crippen molar-refractivity contribution in [3.05, 3.63) is 59.1 Å². The molecular formula is C18H17ClF3N3O3S. The van der Waals surface area contributed by atoms with E-state index in [-0.39, 0.29) is 9.92 Å². The Bertz CT molecular complexity index is 1020. The summed E-state index contributed by atoms with van der Waals surface area (Å²) in [6.07, 6.45) is -4.73. The summed E-state index contributed by atoms with van der Waals surface area (Å²) in [5, 5.41) is 3.42. The number of halogens is 4. The molecule has 6 nitrogen and oxygen atoms in total. The normalized spacial score (nSPS) is 11.7. The lowest BCUT2D eigenvalue weighted by Gasteiger charge is -2.25. The molecule has 1 amide bonds. The molecule has 0 atom stereocenters. The van der Waals surface area contributed by atoms with Gasteiger partial charge in [0.25, 0.3) is 15.9 Å². The third-order valence-corrected chi connectivity index (χ3v) is 5.66. The van der Waals surface area contributed by atoms with E-state index in [1.165, 1.54) is 24.3 Å². The summed E-state index contributed by atoms with van der Waals surface area (Å²) in [5.41, 5.74) is 1.06. The topological polar surface area (TPSA) is 78.8 Å². The minimum atomic E-state index is -4.73. The van der Waals surface area contributed by atoms with Crippen LogP contribution < -0.4 is 9.73 Å². The van der Waals surface area contributed by atoms with Crippen molar-refractivity contribution in [3.63, 3.8) is 0 Å². The van der Waals surface area contributed by atoms with Crippen molar-refractivity contribution in [2.24, 2.45) is 5.10 Å². The van der Waals surface area contributed by atoms with Crippen LogP contribution in [0.2, 0.25) is 5.02 Å². The van der Waals surface area contributed by atoms with Gasteiger partial charge in [-0.05, 0) is 44.2 Å². The maximum atomic E-state index is 13.1. The molecule has 0 saturated heterocycles. The molecule has 0 spiro atoms. The highest BCUT2D eigenvalue weighted by molar-refractivity contribution is 7.92. The lowest BCUT2D eigenvalue weighted by Crippen LogP contribution is -2.40. The number of anilines is 1. The van der Waals surface area contributed by atoms with Gasteiger partial charge >= 0.3 is 6.18 Å². The molecule has 0 aliphatic carbocycles. The Balaban J connectivity index is 2.59. The average molecular weight is 448 g/mol. The lowest BCUT2D eigenvalue weighted by molar-refractivity contribution is -0.137. The van der Waals surface area contributed by atoms with Gasteiger partial charge in [-0.2, -0.15) is 18.3 Å². The number of carbonyl (C=O) groups excluding carboxylic acids is 1. The molecule has 29 heavy (non-hydrogen) atoms. The first kappa shape index (κ1) is 22.7. The minimum Gasteiger partial charge on any atom is -0.271 e. The van der Waals surface area contributed by atoms with E-state index in [1.807, 2.05) is 0 Å². The highest BCUT2D eigenvalue weighted by Gasteiger charge is 2.34. The monoisotopic (exact) mass is 447 g/mol. The number of amides is 1. The highest BCUT2D eigenvalue weighted by atomic mass is 35.5. The van der Waals surface area contributed by atoms with Gasteiger partial charge in [0.15, 0.2) is 0 Å². The maximum absolute atomic E-state index is 13.1. The molecule has 11 heteroatoms. The van der Waals surface area contributed by atoms with Gasteiger partial charge in [0, 0.05) is 5.71 Å². The van der Waals surface area contributed by atoms with E-state index in [0.29, 0.717) is 16.1 Å². The SMILES string of the molecule is CC(C)=NNC(=O)CN(c1cc(C(F)(F)F)ccc1Cl)S(=O)(=O)c1ccccc1. The van der Waals surface area contributed by atoms with Crippen molar-refractivity contribution in [2.75, 3.05) is 10.8 Å². The van der Waals surface area contributed by atoms with E-state index >= 15 is 0 Å². The van der Waals surface area contributed by atoms with Gasteiger partial charge in [0.2, 0.25) is 0 Å². The number of alkyl halides is 3. The summed E-state index contributed by atoms with van der Waals surface area (Å²) in [6, 6.07) is 9.24. The zero-order valence-corrected chi connectivity index (χ0v) is 16.9. The van der Waals surface area contributed by atoms with Crippen LogP contribution >= 0.6 is 11.6 Å². The van der Waals surface area contributed by atoms with Crippen LogP contribution in [0.15, 0.2) is 58.5 Å². The van der Waals surface area contributed by atoms with Crippen LogP contribution in [0.5, 0.6) is 0 Å². The molecule has 0 aliphatic rings. The van der Waals surface area contributed by atoms with Gasteiger partial charge in [0.1, 0.15) is 6.54 Å². The van der Waals surface area contributed by atoms with E-state index in [1.54, 1.807) is 19.9 Å². The predicted molar refractivity (Wildman–Crippen MR) is 104 cm³/mol. The maximum Gasteiger partial charge on any atom is 0.416 e. The fraction of sp³-hybridized carbons (Fsp3) is 0.222. The molecule has 0 heterocycles. The smallest absolute Gasteiger partial charge is 0.271 e. The number of benzene rings is 2. The van der Waals surface area contributed by atoms with Crippen LogP contribution in [0.3, 0.4) is 0 Å². The number of hydrazone groups is 1. The van der Waals surface area contributed by atoms with Crippen LogP contribution in [0.1, 0.15) is 19.4 Å². The summed E-state index contributed by atoms with van der Waals surface area (Å²) >= 11 is 6.01. The molecule has 0 saturated carbocycles. The fourth-order valence-corrected chi connectivity index (χ4v) is 3.96. The van der Waals surface area contributed by atoms with Crippen LogP contribution in [0, 0.1) is 0 Å². The van der Waals surface area contributed by atoms with Gasteiger partial charge in [-0.3, -0.25) is 9.10 Å². The Kier molecular flexibility index (Phi) is 6.91. The molecule has 0 bridgehead atoms. The third kappa shape index (κ3) is 5.70. The van der Waals surface area contributed by atoms with Crippen molar-refractivity contribution < 1.29 is 26.4 Å². The zero-order valence-electron chi connectivity index (χ0n) is 15.4. The molecule has 0 unspecified atom stereocenters. The first-order valence-corrected chi connectivity index (χ1v) is 9.99. The number of hydrogen-bond donors (Lipinski definition) is 1. The zero-order chi connectivity index (χ0) is 21.8. The summed E-state index contributed by atoms with van der Waals surface area (Å²) in [5.74, 6) is -0.848. The van der Waals surface area contributed by atoms with Gasteiger partial charge in [0.05, 0.1) is 21.2 Å². The molecule has 0 fully saturated rings. The van der Waals surface area contributed by atoms with Gasteiger partial charge in [-0.15, -0.1) is 0 Å². The first-order valence-electron chi connectivity index (χ1n) is 8.17. The van der Waals surface area contributed by atoms with Gasteiger partial charge < -0.3 is 0 Å². The van der Waals surface area contributed by atoms with E-state index in [0.717, 1.165) is 12.1 Å². The minimum absolute atomic E-state index is 0.212. The number of sulfonamides is 1. The Morgan fingerprint density at radius 1 is 1.14 bits per heavy atom. The molecule has 156 valence electrons. The van der Waals surface area contributed by atoms with Crippen LogP contribution in [0.4, 0.5) is 18.9 Å². The standard InChI is InChI=1S/C18H17ClF3N3O3S/c1-12(2)23-24-17(26)11-25(29(27,28)14-6-4-3-5-7-14)16-10-13(18(20,21)22)8-9-15(16)19/h3-10H,11H2,1-2H3,(H,24,26). The van der Waals surface area contributed by atoms with Crippen LogP contribution in [0.25, 0.3) is 0 Å². The Morgan fingerprint density at radius 2 is 1.76 bits per heavy atom. The Morgan fingerprint density at radius 3 is 2.31 bits per heavy atom. The third-order valence-electron chi connectivity index (χ3n) is 3.56. The van der Waals surface area contributed by atoms with Crippen LogP contribution in [-0.4, -0.2) is 26.6 Å². The molecule has 2 aromatic rings. The molecule has 1 N–H and O–H groups in total. The number of nitrogens with one attached hydrogen (secondary N) is 1. The van der Waals surface area contributed by atoms with E-state index in [4.69, 9.17) is 11.6 Å². The molecule has 0 radical (unpaired) electrons. The number of carbonyl (C=O) groups is 1. The number of nitrogens with zero attached hydrogens (tertiary/aromatic N) is 2.